The van der Waals surface area contributed by atoms with E-state index in [0.717, 1.165) is 11.5 Å². The first-order valence-electron chi connectivity index (χ1n) is 5.15. The molecule has 2 aromatic rings. The summed E-state index contributed by atoms with van der Waals surface area (Å²) < 4.78 is 5.18. The van der Waals surface area contributed by atoms with Gasteiger partial charge in [-0.3, -0.25) is 0 Å². The van der Waals surface area contributed by atoms with Crippen molar-refractivity contribution in [2.75, 3.05) is 19.5 Å². The molecule has 0 unspecified atom stereocenters. The lowest BCUT2D eigenvalue weighted by molar-refractivity contribution is 0.322. The molecule has 1 N–H and O–H groups in total. The van der Waals surface area contributed by atoms with Gasteiger partial charge in [-0.15, -0.1) is 11.8 Å². The minimum absolute atomic E-state index is 0.214. The summed E-state index contributed by atoms with van der Waals surface area (Å²) in [4.78, 5) is 1.19. The molecule has 16 heavy (non-hydrogen) atoms. The van der Waals surface area contributed by atoms with Gasteiger partial charge in [0.05, 0.1) is 13.7 Å². The second-order valence-electron chi connectivity index (χ2n) is 3.45. The van der Waals surface area contributed by atoms with Crippen molar-refractivity contribution in [3.63, 3.8) is 0 Å². The van der Waals surface area contributed by atoms with Gasteiger partial charge < -0.3 is 9.84 Å². The number of methoxy groups -OCH3 is 1. The standard InChI is InChI=1S/C13H14O2S/c1-15-12-4-2-11-9-13(16-7-6-14)5-3-10(11)8-12/h2-5,8-9,14H,6-7H2,1H3. The van der Waals surface area contributed by atoms with E-state index >= 15 is 0 Å². The van der Waals surface area contributed by atoms with Crippen LogP contribution in [0.3, 0.4) is 0 Å². The molecule has 0 bridgehead atoms. The minimum Gasteiger partial charge on any atom is -0.497 e. The lowest BCUT2D eigenvalue weighted by Crippen LogP contribution is -1.86. The topological polar surface area (TPSA) is 29.5 Å². The van der Waals surface area contributed by atoms with Crippen LogP contribution in [0.1, 0.15) is 0 Å². The zero-order valence-electron chi connectivity index (χ0n) is 9.14. The third-order valence-electron chi connectivity index (χ3n) is 2.38. The van der Waals surface area contributed by atoms with Crippen molar-refractivity contribution < 1.29 is 9.84 Å². The first-order valence-corrected chi connectivity index (χ1v) is 6.13. The molecule has 0 heterocycles. The van der Waals surface area contributed by atoms with Crippen LogP contribution in [0.4, 0.5) is 0 Å². The van der Waals surface area contributed by atoms with Gasteiger partial charge in [-0.1, -0.05) is 12.1 Å². The fourth-order valence-corrected chi connectivity index (χ4v) is 2.28. The molecule has 2 aromatic carbocycles. The Labute approximate surface area is 99.2 Å². The third kappa shape index (κ3) is 2.49. The lowest BCUT2D eigenvalue weighted by atomic mass is 10.1. The van der Waals surface area contributed by atoms with Crippen molar-refractivity contribution in [3.05, 3.63) is 36.4 Å². The highest BCUT2D eigenvalue weighted by Crippen LogP contribution is 2.26. The Balaban J connectivity index is 2.32. The van der Waals surface area contributed by atoms with Crippen molar-refractivity contribution in [3.8, 4) is 5.75 Å². The van der Waals surface area contributed by atoms with Gasteiger partial charge in [-0.05, 0) is 35.0 Å². The number of ether oxygens (including phenoxy) is 1. The highest BCUT2D eigenvalue weighted by molar-refractivity contribution is 7.99. The van der Waals surface area contributed by atoms with E-state index in [1.165, 1.54) is 15.7 Å². The average molecular weight is 234 g/mol. The largest absolute Gasteiger partial charge is 0.497 e. The molecule has 3 heteroatoms. The zero-order valence-corrected chi connectivity index (χ0v) is 9.96. The van der Waals surface area contributed by atoms with Crippen molar-refractivity contribution in [1.29, 1.82) is 0 Å². The third-order valence-corrected chi connectivity index (χ3v) is 3.35. The first kappa shape index (κ1) is 11.3. The Hall–Kier alpha value is -1.19. The monoisotopic (exact) mass is 234 g/mol. The van der Waals surface area contributed by atoms with Gasteiger partial charge in [-0.2, -0.15) is 0 Å². The molecule has 0 aliphatic heterocycles. The van der Waals surface area contributed by atoms with E-state index < -0.39 is 0 Å². The Morgan fingerprint density at radius 1 is 1.12 bits per heavy atom. The van der Waals surface area contributed by atoms with Crippen LogP contribution >= 0.6 is 11.8 Å². The van der Waals surface area contributed by atoms with Crippen molar-refractivity contribution in [1.82, 2.24) is 0 Å². The molecule has 0 aliphatic carbocycles. The lowest BCUT2D eigenvalue weighted by Gasteiger charge is -2.04. The fourth-order valence-electron chi connectivity index (χ4n) is 1.58. The fraction of sp³-hybridized carbons (Fsp3) is 0.231. The second-order valence-corrected chi connectivity index (χ2v) is 4.62. The van der Waals surface area contributed by atoms with Gasteiger partial charge in [0.2, 0.25) is 0 Å². The van der Waals surface area contributed by atoms with Crippen molar-refractivity contribution >= 4 is 22.5 Å². The van der Waals surface area contributed by atoms with Crippen LogP contribution in [0.5, 0.6) is 5.75 Å². The van der Waals surface area contributed by atoms with Gasteiger partial charge >= 0.3 is 0 Å². The molecule has 0 amide bonds. The molecule has 0 spiro atoms. The minimum atomic E-state index is 0.214. The molecule has 0 aromatic heterocycles. The molecule has 84 valence electrons. The summed E-state index contributed by atoms with van der Waals surface area (Å²) in [5.74, 6) is 1.62. The van der Waals surface area contributed by atoms with Crippen molar-refractivity contribution in [2.24, 2.45) is 0 Å². The predicted molar refractivity (Wildman–Crippen MR) is 68.3 cm³/mol. The number of hydrogen-bond acceptors (Lipinski definition) is 3. The smallest absolute Gasteiger partial charge is 0.119 e. The first-order chi connectivity index (χ1) is 7.83. The summed E-state index contributed by atoms with van der Waals surface area (Å²) in [7, 11) is 1.67. The van der Waals surface area contributed by atoms with Crippen LogP contribution in [0.15, 0.2) is 41.3 Å². The Morgan fingerprint density at radius 3 is 2.62 bits per heavy atom. The zero-order chi connectivity index (χ0) is 11.4. The highest BCUT2D eigenvalue weighted by atomic mass is 32.2. The predicted octanol–water partition coefficient (Wildman–Crippen LogP) is 2.93. The molecule has 0 aliphatic rings. The van der Waals surface area contributed by atoms with Crippen LogP contribution in [-0.4, -0.2) is 24.6 Å². The normalized spacial score (nSPS) is 10.6. The summed E-state index contributed by atoms with van der Waals surface area (Å²) in [6.07, 6.45) is 0. The number of thioether (sulfide) groups is 1. The molecule has 0 saturated heterocycles. The van der Waals surface area contributed by atoms with E-state index in [1.807, 2.05) is 12.1 Å². The van der Waals surface area contributed by atoms with Crippen LogP contribution in [0.2, 0.25) is 0 Å². The summed E-state index contributed by atoms with van der Waals surface area (Å²) >= 11 is 1.66. The number of fused-ring (bicyclic) bond motifs is 1. The molecule has 2 nitrogen and oxygen atoms in total. The van der Waals surface area contributed by atoms with Gasteiger partial charge in [0.25, 0.3) is 0 Å². The number of aliphatic hydroxyl groups excluding tert-OH is 1. The quantitative estimate of drug-likeness (QED) is 0.825. The molecule has 0 saturated carbocycles. The van der Waals surface area contributed by atoms with Crippen LogP contribution in [0, 0.1) is 0 Å². The van der Waals surface area contributed by atoms with Gasteiger partial charge in [-0.25, -0.2) is 0 Å². The molecule has 0 atom stereocenters. The Morgan fingerprint density at radius 2 is 1.88 bits per heavy atom. The number of hydrogen-bond donors (Lipinski definition) is 1. The number of benzene rings is 2. The summed E-state index contributed by atoms with van der Waals surface area (Å²) in [5, 5.41) is 11.1. The van der Waals surface area contributed by atoms with Gasteiger partial charge in [0.1, 0.15) is 5.75 Å². The molecule has 2 rings (SSSR count). The number of aliphatic hydroxyl groups is 1. The van der Waals surface area contributed by atoms with E-state index in [9.17, 15) is 0 Å². The van der Waals surface area contributed by atoms with E-state index in [0.29, 0.717) is 0 Å². The van der Waals surface area contributed by atoms with E-state index in [-0.39, 0.29) is 6.61 Å². The second kappa shape index (κ2) is 5.23. The van der Waals surface area contributed by atoms with Crippen LogP contribution in [0.25, 0.3) is 10.8 Å². The highest BCUT2D eigenvalue weighted by Gasteiger charge is 1.99. The number of rotatable bonds is 4. The summed E-state index contributed by atoms with van der Waals surface area (Å²) in [6.45, 7) is 0.214. The van der Waals surface area contributed by atoms with Gasteiger partial charge in [0.15, 0.2) is 0 Å². The van der Waals surface area contributed by atoms with E-state index in [2.05, 4.69) is 24.3 Å². The molecule has 0 radical (unpaired) electrons. The average Bonchev–Trinajstić information content (AvgIpc) is 2.35. The van der Waals surface area contributed by atoms with Crippen molar-refractivity contribution in [2.45, 2.75) is 4.90 Å². The maximum Gasteiger partial charge on any atom is 0.119 e. The Bertz CT molecular complexity index is 482. The summed E-state index contributed by atoms with van der Waals surface area (Å²) in [5.41, 5.74) is 0. The Kier molecular flexibility index (Phi) is 3.70. The van der Waals surface area contributed by atoms with Gasteiger partial charge in [0, 0.05) is 10.6 Å². The molecular weight excluding hydrogens is 220 g/mol. The van der Waals surface area contributed by atoms with Crippen LogP contribution in [-0.2, 0) is 0 Å². The molecule has 0 fully saturated rings. The van der Waals surface area contributed by atoms with Crippen LogP contribution < -0.4 is 4.74 Å². The van der Waals surface area contributed by atoms with E-state index in [1.54, 1.807) is 18.9 Å². The SMILES string of the molecule is COc1ccc2cc(SCCO)ccc2c1. The molecular formula is C13H14O2S. The summed E-state index contributed by atoms with van der Waals surface area (Å²) in [6, 6.07) is 12.3. The maximum absolute atomic E-state index is 8.77. The maximum atomic E-state index is 8.77. The van der Waals surface area contributed by atoms with E-state index in [4.69, 9.17) is 9.84 Å².